The number of anilines is 2. The molecule has 0 fully saturated rings. The molecule has 0 spiro atoms. The Balaban J connectivity index is 1.55. The second-order valence-electron chi connectivity index (χ2n) is 5.21. The molecule has 2 aromatic carbocycles. The molecule has 2 N–H and O–H groups in total. The van der Waals surface area contributed by atoms with Crippen molar-refractivity contribution in [2.24, 2.45) is 0 Å². The topological polar surface area (TPSA) is 76.7 Å². The number of nitrogens with one attached hydrogen (secondary N) is 2. The minimum atomic E-state index is -0.394. The molecule has 2 aromatic rings. The molecule has 118 valence electrons. The van der Waals surface area contributed by atoms with Gasteiger partial charge in [-0.15, -0.1) is 0 Å². The van der Waals surface area contributed by atoms with Crippen LogP contribution in [0.15, 0.2) is 42.5 Å². The molecule has 0 aliphatic carbocycles. The van der Waals surface area contributed by atoms with Gasteiger partial charge in [0.25, 0.3) is 0 Å². The maximum absolute atomic E-state index is 11.9. The van der Waals surface area contributed by atoms with Crippen molar-refractivity contribution in [2.75, 3.05) is 17.4 Å². The summed E-state index contributed by atoms with van der Waals surface area (Å²) in [4.78, 5) is 23.8. The lowest BCUT2D eigenvalue weighted by Gasteiger charge is -2.07. The molecule has 6 nitrogen and oxygen atoms in total. The molecule has 0 aromatic heterocycles. The van der Waals surface area contributed by atoms with Crippen LogP contribution in [-0.2, 0) is 9.59 Å². The van der Waals surface area contributed by atoms with Gasteiger partial charge in [0.2, 0.25) is 18.6 Å². The predicted molar refractivity (Wildman–Crippen MR) is 85.6 cm³/mol. The highest BCUT2D eigenvalue weighted by Crippen LogP contribution is 2.34. The fourth-order valence-electron chi connectivity index (χ4n) is 2.25. The molecular weight excluding hydrogens is 296 g/mol. The van der Waals surface area contributed by atoms with Gasteiger partial charge in [-0.3, -0.25) is 9.59 Å². The molecule has 0 saturated heterocycles. The van der Waals surface area contributed by atoms with Crippen molar-refractivity contribution in [3.8, 4) is 11.5 Å². The van der Waals surface area contributed by atoms with Crippen LogP contribution in [-0.4, -0.2) is 18.6 Å². The Morgan fingerprint density at radius 1 is 0.957 bits per heavy atom. The molecule has 1 aliphatic heterocycles. The van der Waals surface area contributed by atoms with E-state index in [0.717, 1.165) is 5.56 Å². The lowest BCUT2D eigenvalue weighted by atomic mass is 10.2. The number of carbonyl (C=O) groups excluding carboxylic acids is 2. The zero-order valence-corrected chi connectivity index (χ0v) is 12.6. The third-order valence-corrected chi connectivity index (χ3v) is 3.28. The Kier molecular flexibility index (Phi) is 4.14. The van der Waals surface area contributed by atoms with E-state index >= 15 is 0 Å². The van der Waals surface area contributed by atoms with Gasteiger partial charge < -0.3 is 20.1 Å². The van der Waals surface area contributed by atoms with Gasteiger partial charge in [0.1, 0.15) is 6.42 Å². The Hall–Kier alpha value is -3.02. The highest BCUT2D eigenvalue weighted by atomic mass is 16.7. The molecule has 0 radical (unpaired) electrons. The zero-order valence-electron chi connectivity index (χ0n) is 12.6. The first-order chi connectivity index (χ1) is 11.1. The average Bonchev–Trinajstić information content (AvgIpc) is 2.94. The van der Waals surface area contributed by atoms with Crippen molar-refractivity contribution >= 4 is 23.2 Å². The fourth-order valence-corrected chi connectivity index (χ4v) is 2.25. The van der Waals surface area contributed by atoms with Crippen molar-refractivity contribution in [1.82, 2.24) is 0 Å². The minimum Gasteiger partial charge on any atom is -0.454 e. The lowest BCUT2D eigenvalue weighted by molar-refractivity contribution is -0.123. The predicted octanol–water partition coefficient (Wildman–Crippen LogP) is 2.69. The third kappa shape index (κ3) is 3.79. The number of hydrogen-bond donors (Lipinski definition) is 2. The highest BCUT2D eigenvalue weighted by Gasteiger charge is 2.15. The number of rotatable bonds is 4. The zero-order chi connectivity index (χ0) is 16.2. The smallest absolute Gasteiger partial charge is 0.233 e. The van der Waals surface area contributed by atoms with Crippen LogP contribution in [0, 0.1) is 6.92 Å². The fraction of sp³-hybridized carbons (Fsp3) is 0.176. The van der Waals surface area contributed by atoms with E-state index in [1.165, 1.54) is 0 Å². The van der Waals surface area contributed by atoms with E-state index < -0.39 is 5.91 Å². The Morgan fingerprint density at radius 2 is 1.65 bits per heavy atom. The molecule has 0 saturated carbocycles. The summed E-state index contributed by atoms with van der Waals surface area (Å²) in [6.45, 7) is 2.10. The normalized spacial score (nSPS) is 11.9. The molecule has 1 aliphatic rings. The first-order valence-electron chi connectivity index (χ1n) is 7.16. The molecule has 1 heterocycles. The minimum absolute atomic E-state index is 0.172. The number of fused-ring (bicyclic) bond motifs is 1. The SMILES string of the molecule is Cc1cccc(NC(=O)CC(=O)Nc2ccc3c(c2)OCO3)c1. The van der Waals surface area contributed by atoms with E-state index in [0.29, 0.717) is 22.9 Å². The summed E-state index contributed by atoms with van der Waals surface area (Å²) in [5.41, 5.74) is 2.26. The molecule has 0 atom stereocenters. The first-order valence-corrected chi connectivity index (χ1v) is 7.16. The lowest BCUT2D eigenvalue weighted by Crippen LogP contribution is -2.21. The van der Waals surface area contributed by atoms with Gasteiger partial charge in [0, 0.05) is 17.4 Å². The summed E-state index contributed by atoms with van der Waals surface area (Å²) in [5.74, 6) is 0.454. The number of carbonyl (C=O) groups is 2. The molecule has 2 amide bonds. The standard InChI is InChI=1S/C17H16N2O4/c1-11-3-2-4-12(7-11)18-16(20)9-17(21)19-13-5-6-14-15(8-13)23-10-22-14/h2-8H,9-10H2,1H3,(H,18,20)(H,19,21). The van der Waals surface area contributed by atoms with Crippen LogP contribution in [0.2, 0.25) is 0 Å². The maximum Gasteiger partial charge on any atom is 0.233 e. The van der Waals surface area contributed by atoms with Gasteiger partial charge in [-0.1, -0.05) is 12.1 Å². The number of ether oxygens (including phenoxy) is 2. The van der Waals surface area contributed by atoms with E-state index in [9.17, 15) is 9.59 Å². The van der Waals surface area contributed by atoms with Crippen LogP contribution >= 0.6 is 0 Å². The highest BCUT2D eigenvalue weighted by molar-refractivity contribution is 6.08. The van der Waals surface area contributed by atoms with Crippen LogP contribution < -0.4 is 20.1 Å². The number of amides is 2. The van der Waals surface area contributed by atoms with Crippen LogP contribution in [0.3, 0.4) is 0 Å². The van der Waals surface area contributed by atoms with Crippen molar-refractivity contribution in [3.05, 3.63) is 48.0 Å². The summed E-state index contributed by atoms with van der Waals surface area (Å²) in [6.07, 6.45) is -0.262. The molecular formula is C17H16N2O4. The number of hydrogen-bond acceptors (Lipinski definition) is 4. The molecule has 23 heavy (non-hydrogen) atoms. The van der Waals surface area contributed by atoms with Gasteiger partial charge in [-0.05, 0) is 36.8 Å². The average molecular weight is 312 g/mol. The second-order valence-corrected chi connectivity index (χ2v) is 5.21. The third-order valence-electron chi connectivity index (χ3n) is 3.28. The summed E-state index contributed by atoms with van der Waals surface area (Å²) in [5, 5.41) is 5.36. The van der Waals surface area contributed by atoms with Crippen LogP contribution in [0.1, 0.15) is 12.0 Å². The van der Waals surface area contributed by atoms with E-state index in [2.05, 4.69) is 10.6 Å². The van der Waals surface area contributed by atoms with E-state index in [4.69, 9.17) is 9.47 Å². The van der Waals surface area contributed by atoms with E-state index in [-0.39, 0.29) is 19.1 Å². The second kappa shape index (κ2) is 6.39. The largest absolute Gasteiger partial charge is 0.454 e. The Bertz CT molecular complexity index is 758. The molecule has 3 rings (SSSR count). The Labute approximate surface area is 133 Å². The van der Waals surface area contributed by atoms with Gasteiger partial charge in [-0.2, -0.15) is 0 Å². The van der Waals surface area contributed by atoms with E-state index in [1.807, 2.05) is 25.1 Å². The monoisotopic (exact) mass is 312 g/mol. The van der Waals surface area contributed by atoms with E-state index in [1.54, 1.807) is 24.3 Å². The van der Waals surface area contributed by atoms with Crippen molar-refractivity contribution in [1.29, 1.82) is 0 Å². The number of benzene rings is 2. The van der Waals surface area contributed by atoms with Gasteiger partial charge >= 0.3 is 0 Å². The maximum atomic E-state index is 11.9. The summed E-state index contributed by atoms with van der Waals surface area (Å²) in [7, 11) is 0. The van der Waals surface area contributed by atoms with Crippen molar-refractivity contribution in [2.45, 2.75) is 13.3 Å². The summed E-state index contributed by atoms with van der Waals surface area (Å²) < 4.78 is 10.4. The first kappa shape index (κ1) is 14.9. The molecule has 0 unspecified atom stereocenters. The van der Waals surface area contributed by atoms with Crippen molar-refractivity contribution in [3.63, 3.8) is 0 Å². The van der Waals surface area contributed by atoms with Gasteiger partial charge in [-0.25, -0.2) is 0 Å². The molecule has 6 heteroatoms. The Morgan fingerprint density at radius 3 is 2.39 bits per heavy atom. The summed E-state index contributed by atoms with van der Waals surface area (Å²) >= 11 is 0. The summed E-state index contributed by atoms with van der Waals surface area (Å²) in [6, 6.07) is 12.5. The van der Waals surface area contributed by atoms with Gasteiger partial charge in [0.15, 0.2) is 11.5 Å². The molecule has 0 bridgehead atoms. The van der Waals surface area contributed by atoms with Crippen LogP contribution in [0.4, 0.5) is 11.4 Å². The number of aryl methyl sites for hydroxylation is 1. The van der Waals surface area contributed by atoms with Crippen LogP contribution in [0.5, 0.6) is 11.5 Å². The van der Waals surface area contributed by atoms with Crippen molar-refractivity contribution < 1.29 is 19.1 Å². The quantitative estimate of drug-likeness (QED) is 0.851. The van der Waals surface area contributed by atoms with Gasteiger partial charge in [0.05, 0.1) is 0 Å². The van der Waals surface area contributed by atoms with Crippen LogP contribution in [0.25, 0.3) is 0 Å².